The molecule has 2 N–H and O–H groups in total. The van der Waals surface area contributed by atoms with Crippen LogP contribution in [0.15, 0.2) is 47.5 Å². The van der Waals surface area contributed by atoms with Crippen LogP contribution in [0.25, 0.3) is 0 Å². The predicted molar refractivity (Wildman–Crippen MR) is 116 cm³/mol. The standard InChI is InChI=1S/C20H22F2N4O.HI/c1-3-24-20(26-13-16-9-15(11-23)7-8-19(16)22)25-12-14(2)27-18-6-4-5-17(21)10-18;/h4-10,14H,3,12-13H2,1-2H3,(H2,24,25,26);1H. The SMILES string of the molecule is CCNC(=NCc1cc(C#N)ccc1F)NCC(C)Oc1cccc(F)c1.I. The Bertz CT molecular complexity index is 839. The monoisotopic (exact) mass is 500 g/mol. The molecule has 0 heterocycles. The summed E-state index contributed by atoms with van der Waals surface area (Å²) in [5.74, 6) is 0.177. The molecule has 2 rings (SSSR count). The summed E-state index contributed by atoms with van der Waals surface area (Å²) in [6.45, 7) is 4.91. The van der Waals surface area contributed by atoms with E-state index in [1.807, 2.05) is 19.9 Å². The Kier molecular flexibility index (Phi) is 10.2. The maximum Gasteiger partial charge on any atom is 0.191 e. The molecule has 0 aliphatic heterocycles. The zero-order valence-electron chi connectivity index (χ0n) is 15.7. The van der Waals surface area contributed by atoms with Crippen LogP contribution in [0.1, 0.15) is 25.0 Å². The normalized spacial score (nSPS) is 11.8. The number of aliphatic imine (C=N–C) groups is 1. The van der Waals surface area contributed by atoms with E-state index < -0.39 is 5.82 Å². The highest BCUT2D eigenvalue weighted by Crippen LogP contribution is 2.14. The Labute approximate surface area is 180 Å². The molecule has 28 heavy (non-hydrogen) atoms. The van der Waals surface area contributed by atoms with Crippen molar-refractivity contribution in [2.24, 2.45) is 4.99 Å². The van der Waals surface area contributed by atoms with E-state index in [4.69, 9.17) is 10.00 Å². The fraction of sp³-hybridized carbons (Fsp3) is 0.300. The molecule has 0 amide bonds. The lowest BCUT2D eigenvalue weighted by molar-refractivity contribution is 0.223. The maximum atomic E-state index is 13.9. The maximum absolute atomic E-state index is 13.9. The highest BCUT2D eigenvalue weighted by molar-refractivity contribution is 14.0. The zero-order valence-corrected chi connectivity index (χ0v) is 18.0. The zero-order chi connectivity index (χ0) is 19.6. The van der Waals surface area contributed by atoms with Gasteiger partial charge in [0.1, 0.15) is 23.5 Å². The van der Waals surface area contributed by atoms with Crippen molar-refractivity contribution in [3.8, 4) is 11.8 Å². The molecule has 0 saturated carbocycles. The van der Waals surface area contributed by atoms with E-state index >= 15 is 0 Å². The first kappa shape index (κ1) is 23.6. The number of nitrogens with one attached hydrogen (secondary N) is 2. The lowest BCUT2D eigenvalue weighted by atomic mass is 10.1. The summed E-state index contributed by atoms with van der Waals surface area (Å²) in [6, 6.07) is 12.1. The van der Waals surface area contributed by atoms with Crippen LogP contribution in [0.5, 0.6) is 5.75 Å². The molecule has 0 aliphatic carbocycles. The summed E-state index contributed by atoms with van der Waals surface area (Å²) in [7, 11) is 0. The van der Waals surface area contributed by atoms with Gasteiger partial charge in [-0.15, -0.1) is 24.0 Å². The average Bonchev–Trinajstić information content (AvgIpc) is 2.65. The summed E-state index contributed by atoms with van der Waals surface area (Å²) in [5, 5.41) is 15.1. The molecule has 0 bridgehead atoms. The molecule has 0 spiro atoms. The third-order valence-corrected chi connectivity index (χ3v) is 3.62. The molecule has 0 aliphatic rings. The topological polar surface area (TPSA) is 69.4 Å². The second-order valence-corrected chi connectivity index (χ2v) is 5.88. The number of ether oxygens (including phenoxy) is 1. The van der Waals surface area contributed by atoms with E-state index in [2.05, 4.69) is 15.6 Å². The molecule has 0 fully saturated rings. The molecule has 8 heteroatoms. The van der Waals surface area contributed by atoms with Crippen LogP contribution in [0, 0.1) is 23.0 Å². The molecule has 150 valence electrons. The Balaban J connectivity index is 0.00000392. The molecule has 1 atom stereocenters. The van der Waals surface area contributed by atoms with Crippen molar-refractivity contribution < 1.29 is 13.5 Å². The Morgan fingerprint density at radius 3 is 2.68 bits per heavy atom. The Morgan fingerprint density at radius 1 is 1.21 bits per heavy atom. The predicted octanol–water partition coefficient (Wildman–Crippen LogP) is 3.98. The molecule has 1 unspecified atom stereocenters. The third kappa shape index (κ3) is 7.68. The second kappa shape index (κ2) is 12.1. The van der Waals surface area contributed by atoms with E-state index in [9.17, 15) is 8.78 Å². The van der Waals surface area contributed by atoms with Crippen molar-refractivity contribution in [2.75, 3.05) is 13.1 Å². The van der Waals surface area contributed by atoms with Gasteiger partial charge < -0.3 is 15.4 Å². The van der Waals surface area contributed by atoms with Crippen molar-refractivity contribution in [1.29, 1.82) is 5.26 Å². The third-order valence-electron chi connectivity index (χ3n) is 3.62. The largest absolute Gasteiger partial charge is 0.489 e. The molecule has 0 saturated heterocycles. The molecular formula is C20H23F2IN4O. The number of nitrogens with zero attached hydrogens (tertiary/aromatic N) is 2. The van der Waals surface area contributed by atoms with Gasteiger partial charge in [-0.25, -0.2) is 13.8 Å². The van der Waals surface area contributed by atoms with Gasteiger partial charge in [0.25, 0.3) is 0 Å². The number of nitriles is 1. The van der Waals surface area contributed by atoms with Gasteiger partial charge in [-0.3, -0.25) is 0 Å². The van der Waals surface area contributed by atoms with Gasteiger partial charge in [-0.2, -0.15) is 5.26 Å². The lowest BCUT2D eigenvalue weighted by Gasteiger charge is -2.17. The van der Waals surface area contributed by atoms with Crippen molar-refractivity contribution >= 4 is 29.9 Å². The average molecular weight is 500 g/mol. The number of halogens is 3. The summed E-state index contributed by atoms with van der Waals surface area (Å²) in [4.78, 5) is 4.34. The number of rotatable bonds is 7. The molecule has 2 aromatic carbocycles. The van der Waals surface area contributed by atoms with Crippen LogP contribution in [-0.4, -0.2) is 25.2 Å². The first-order chi connectivity index (χ1) is 13.0. The summed E-state index contributed by atoms with van der Waals surface area (Å²) >= 11 is 0. The van der Waals surface area contributed by atoms with Crippen molar-refractivity contribution in [1.82, 2.24) is 10.6 Å². The highest BCUT2D eigenvalue weighted by Gasteiger charge is 2.08. The highest BCUT2D eigenvalue weighted by atomic mass is 127. The van der Waals surface area contributed by atoms with Gasteiger partial charge in [-0.05, 0) is 44.2 Å². The van der Waals surface area contributed by atoms with E-state index in [1.54, 1.807) is 12.1 Å². The van der Waals surface area contributed by atoms with Crippen LogP contribution in [0.2, 0.25) is 0 Å². The molecule has 0 radical (unpaired) electrons. The van der Waals surface area contributed by atoms with Crippen LogP contribution in [0.3, 0.4) is 0 Å². The summed E-state index contributed by atoms with van der Waals surface area (Å²) in [5.41, 5.74) is 0.729. The van der Waals surface area contributed by atoms with Crippen molar-refractivity contribution in [3.63, 3.8) is 0 Å². The van der Waals surface area contributed by atoms with Crippen LogP contribution < -0.4 is 15.4 Å². The van der Waals surface area contributed by atoms with Gasteiger partial charge >= 0.3 is 0 Å². The second-order valence-electron chi connectivity index (χ2n) is 5.88. The van der Waals surface area contributed by atoms with E-state index in [0.717, 1.165) is 0 Å². The molecular weight excluding hydrogens is 477 g/mol. The Morgan fingerprint density at radius 2 is 2.00 bits per heavy atom. The minimum absolute atomic E-state index is 0. The van der Waals surface area contributed by atoms with Gasteiger partial charge in [0.05, 0.1) is 24.7 Å². The molecule has 2 aromatic rings. The number of hydrogen-bond acceptors (Lipinski definition) is 3. The smallest absolute Gasteiger partial charge is 0.191 e. The van der Waals surface area contributed by atoms with Crippen LogP contribution >= 0.6 is 24.0 Å². The van der Waals surface area contributed by atoms with E-state index in [1.165, 1.54) is 30.3 Å². The molecule has 0 aromatic heterocycles. The van der Waals surface area contributed by atoms with Crippen molar-refractivity contribution in [2.45, 2.75) is 26.5 Å². The number of hydrogen-bond donors (Lipinski definition) is 2. The Hall–Kier alpha value is -2.41. The lowest BCUT2D eigenvalue weighted by Crippen LogP contribution is -2.41. The quantitative estimate of drug-likeness (QED) is 0.343. The first-order valence-corrected chi connectivity index (χ1v) is 8.64. The van der Waals surface area contributed by atoms with Crippen molar-refractivity contribution in [3.05, 3.63) is 65.2 Å². The van der Waals surface area contributed by atoms with Gasteiger partial charge in [0.2, 0.25) is 0 Å². The van der Waals surface area contributed by atoms with Gasteiger partial charge in [0, 0.05) is 18.2 Å². The summed E-state index contributed by atoms with van der Waals surface area (Å²) < 4.78 is 32.7. The fourth-order valence-electron chi connectivity index (χ4n) is 2.33. The minimum atomic E-state index is -0.406. The number of benzene rings is 2. The number of guanidine groups is 1. The van der Waals surface area contributed by atoms with E-state index in [-0.39, 0.29) is 42.4 Å². The first-order valence-electron chi connectivity index (χ1n) is 8.64. The van der Waals surface area contributed by atoms with E-state index in [0.29, 0.717) is 35.9 Å². The summed E-state index contributed by atoms with van der Waals surface area (Å²) in [6.07, 6.45) is -0.241. The molecule has 5 nitrogen and oxygen atoms in total. The van der Waals surface area contributed by atoms with Crippen LogP contribution in [0.4, 0.5) is 8.78 Å². The minimum Gasteiger partial charge on any atom is -0.489 e. The van der Waals surface area contributed by atoms with Gasteiger partial charge in [0.15, 0.2) is 5.96 Å². The fourth-order valence-corrected chi connectivity index (χ4v) is 2.33. The van der Waals surface area contributed by atoms with Crippen LogP contribution in [-0.2, 0) is 6.54 Å². The van der Waals surface area contributed by atoms with Gasteiger partial charge in [-0.1, -0.05) is 6.07 Å².